The first-order chi connectivity index (χ1) is 4.70. The number of halogens is 1. The van der Waals surface area contributed by atoms with E-state index in [1.54, 1.807) is 12.1 Å². The number of carboxylic acid groups (broad SMARTS) is 1. The van der Waals surface area contributed by atoms with Gasteiger partial charge in [-0.1, -0.05) is 28.1 Å². The molecule has 0 unspecified atom stereocenters. The van der Waals surface area contributed by atoms with Crippen LogP contribution in [0.1, 0.15) is 10.4 Å². The Hall–Kier alpha value is 0.806. The molecule has 0 aromatic heterocycles. The van der Waals surface area contributed by atoms with Gasteiger partial charge in [0.15, 0.2) is 0 Å². The van der Waals surface area contributed by atoms with Crippen LogP contribution < -0.4 is 56.5 Å². The van der Waals surface area contributed by atoms with Gasteiger partial charge in [-0.05, 0) is 17.7 Å². The molecule has 0 amide bonds. The first-order valence-electron chi connectivity index (χ1n) is 2.67. The van der Waals surface area contributed by atoms with E-state index in [2.05, 4.69) is 15.9 Å². The first-order valence-corrected chi connectivity index (χ1v) is 3.46. The molecule has 0 saturated carbocycles. The molecular formula is C7H4BrKO2. The molecule has 1 aromatic carbocycles. The van der Waals surface area contributed by atoms with Crippen molar-refractivity contribution in [2.45, 2.75) is 0 Å². The van der Waals surface area contributed by atoms with Crippen LogP contribution in [-0.4, -0.2) is 5.97 Å². The van der Waals surface area contributed by atoms with E-state index in [9.17, 15) is 9.90 Å². The Morgan fingerprint density at radius 2 is 2.09 bits per heavy atom. The third kappa shape index (κ3) is 3.82. The Morgan fingerprint density at radius 3 is 2.45 bits per heavy atom. The number of hydrogen-bond acceptors (Lipinski definition) is 2. The summed E-state index contributed by atoms with van der Waals surface area (Å²) in [7, 11) is 0. The molecule has 0 aliphatic rings. The van der Waals surface area contributed by atoms with Gasteiger partial charge < -0.3 is 9.90 Å². The summed E-state index contributed by atoms with van der Waals surface area (Å²) in [6, 6.07) is 6.39. The Balaban J connectivity index is 0.000001000. The minimum atomic E-state index is -1.15. The summed E-state index contributed by atoms with van der Waals surface area (Å²) in [6.45, 7) is 0. The maximum atomic E-state index is 10.2. The average molecular weight is 239 g/mol. The Kier molecular flexibility index (Phi) is 5.85. The Bertz CT molecular complexity index is 262. The van der Waals surface area contributed by atoms with Gasteiger partial charge in [0.05, 0.1) is 5.97 Å². The summed E-state index contributed by atoms with van der Waals surface area (Å²) >= 11 is 3.14. The van der Waals surface area contributed by atoms with Crippen LogP contribution in [0.15, 0.2) is 28.7 Å². The zero-order valence-corrected chi connectivity index (χ0v) is 10.7. The van der Waals surface area contributed by atoms with Crippen molar-refractivity contribution >= 4 is 21.9 Å². The smallest absolute Gasteiger partial charge is 0.545 e. The molecule has 0 heterocycles. The third-order valence-electron chi connectivity index (χ3n) is 1.06. The van der Waals surface area contributed by atoms with Crippen molar-refractivity contribution in [2.24, 2.45) is 0 Å². The summed E-state index contributed by atoms with van der Waals surface area (Å²) in [5.41, 5.74) is 0.189. The van der Waals surface area contributed by atoms with Crippen LogP contribution in [0.25, 0.3) is 0 Å². The fourth-order valence-corrected chi connectivity index (χ4v) is 1.01. The van der Waals surface area contributed by atoms with Gasteiger partial charge in [0.25, 0.3) is 0 Å². The molecule has 11 heavy (non-hydrogen) atoms. The largest absolute Gasteiger partial charge is 1.00 e. The second kappa shape index (κ2) is 5.45. The van der Waals surface area contributed by atoms with Crippen molar-refractivity contribution in [3.63, 3.8) is 0 Å². The molecule has 52 valence electrons. The topological polar surface area (TPSA) is 40.1 Å². The number of benzene rings is 1. The van der Waals surface area contributed by atoms with Crippen molar-refractivity contribution < 1.29 is 61.3 Å². The molecule has 2 nitrogen and oxygen atoms in total. The van der Waals surface area contributed by atoms with Gasteiger partial charge in [0, 0.05) is 4.47 Å². The molecule has 0 aliphatic heterocycles. The third-order valence-corrected chi connectivity index (χ3v) is 1.55. The van der Waals surface area contributed by atoms with Crippen molar-refractivity contribution in [1.29, 1.82) is 0 Å². The Labute approximate surface area is 116 Å². The molecule has 0 aliphatic carbocycles. The van der Waals surface area contributed by atoms with Crippen LogP contribution in [0.2, 0.25) is 0 Å². The summed E-state index contributed by atoms with van der Waals surface area (Å²) in [6.07, 6.45) is 0. The SMILES string of the molecule is O=C([O-])c1cccc(Br)c1.[K+]. The zero-order chi connectivity index (χ0) is 7.56. The average Bonchev–Trinajstić information content (AvgIpc) is 1.88. The van der Waals surface area contributed by atoms with Gasteiger partial charge in [-0.3, -0.25) is 0 Å². The monoisotopic (exact) mass is 238 g/mol. The van der Waals surface area contributed by atoms with Crippen LogP contribution in [0.4, 0.5) is 0 Å². The molecule has 1 aromatic rings. The number of carbonyl (C=O) groups excluding carboxylic acids is 1. The molecular weight excluding hydrogens is 235 g/mol. The molecule has 0 fully saturated rings. The molecule has 0 bridgehead atoms. The number of aromatic carboxylic acids is 1. The van der Waals surface area contributed by atoms with Crippen molar-refractivity contribution in [1.82, 2.24) is 0 Å². The predicted molar refractivity (Wildman–Crippen MR) is 38.5 cm³/mol. The summed E-state index contributed by atoms with van der Waals surface area (Å²) in [5, 5.41) is 10.2. The van der Waals surface area contributed by atoms with Crippen LogP contribution in [0.3, 0.4) is 0 Å². The zero-order valence-electron chi connectivity index (χ0n) is 6.00. The maximum absolute atomic E-state index is 10.2. The fourth-order valence-electron chi connectivity index (χ4n) is 0.615. The summed E-state index contributed by atoms with van der Waals surface area (Å²) < 4.78 is 0.745. The van der Waals surface area contributed by atoms with Gasteiger partial charge in [0.1, 0.15) is 0 Å². The second-order valence-electron chi connectivity index (χ2n) is 1.80. The first kappa shape index (κ1) is 11.8. The normalized spacial score (nSPS) is 8.45. The summed E-state index contributed by atoms with van der Waals surface area (Å²) in [4.78, 5) is 10.2. The molecule has 1 rings (SSSR count). The number of rotatable bonds is 1. The second-order valence-corrected chi connectivity index (χ2v) is 2.71. The molecule has 0 N–H and O–H groups in total. The quantitative estimate of drug-likeness (QED) is 0.523. The van der Waals surface area contributed by atoms with Gasteiger partial charge in [-0.25, -0.2) is 0 Å². The maximum Gasteiger partial charge on any atom is 1.00 e. The molecule has 0 saturated heterocycles. The molecule has 0 atom stereocenters. The van der Waals surface area contributed by atoms with Crippen LogP contribution in [0, 0.1) is 0 Å². The van der Waals surface area contributed by atoms with Crippen molar-refractivity contribution in [2.75, 3.05) is 0 Å². The van der Waals surface area contributed by atoms with Crippen LogP contribution in [0.5, 0.6) is 0 Å². The van der Waals surface area contributed by atoms with Gasteiger partial charge in [-0.15, -0.1) is 0 Å². The fraction of sp³-hybridized carbons (Fsp3) is 0. The van der Waals surface area contributed by atoms with Crippen LogP contribution in [-0.2, 0) is 0 Å². The standard InChI is InChI=1S/C7H5BrO2.K/c8-6-3-1-2-5(4-6)7(9)10;/h1-4H,(H,9,10);/q;+1/p-1. The molecule has 0 spiro atoms. The van der Waals surface area contributed by atoms with E-state index in [-0.39, 0.29) is 56.9 Å². The number of carbonyl (C=O) groups is 1. The van der Waals surface area contributed by atoms with E-state index in [0.717, 1.165) is 4.47 Å². The molecule has 0 radical (unpaired) electrons. The van der Waals surface area contributed by atoms with E-state index in [1.807, 2.05) is 0 Å². The van der Waals surface area contributed by atoms with E-state index in [0.29, 0.717) is 0 Å². The number of carboxylic acids is 1. The van der Waals surface area contributed by atoms with Gasteiger partial charge >= 0.3 is 51.4 Å². The Morgan fingerprint density at radius 1 is 1.45 bits per heavy atom. The van der Waals surface area contributed by atoms with Crippen molar-refractivity contribution in [3.8, 4) is 0 Å². The van der Waals surface area contributed by atoms with E-state index in [4.69, 9.17) is 0 Å². The number of hydrogen-bond donors (Lipinski definition) is 0. The minimum absolute atomic E-state index is 0. The van der Waals surface area contributed by atoms with E-state index < -0.39 is 5.97 Å². The summed E-state index contributed by atoms with van der Waals surface area (Å²) in [5.74, 6) is -1.15. The van der Waals surface area contributed by atoms with E-state index >= 15 is 0 Å². The van der Waals surface area contributed by atoms with Crippen molar-refractivity contribution in [3.05, 3.63) is 34.3 Å². The predicted octanol–water partition coefficient (Wildman–Crippen LogP) is -2.18. The van der Waals surface area contributed by atoms with Gasteiger partial charge in [0.2, 0.25) is 0 Å². The van der Waals surface area contributed by atoms with Gasteiger partial charge in [-0.2, -0.15) is 0 Å². The minimum Gasteiger partial charge on any atom is -0.545 e. The molecule has 4 heteroatoms. The van der Waals surface area contributed by atoms with E-state index in [1.165, 1.54) is 12.1 Å². The van der Waals surface area contributed by atoms with Crippen LogP contribution >= 0.6 is 15.9 Å².